The van der Waals surface area contributed by atoms with E-state index in [9.17, 15) is 9.18 Å². The van der Waals surface area contributed by atoms with E-state index in [2.05, 4.69) is 5.32 Å². The Morgan fingerprint density at radius 1 is 0.930 bits per heavy atom. The van der Waals surface area contributed by atoms with Crippen LogP contribution < -0.4 is 10.1 Å². The molecule has 1 amide bonds. The van der Waals surface area contributed by atoms with E-state index in [1.165, 1.54) is 12.1 Å². The summed E-state index contributed by atoms with van der Waals surface area (Å²) >= 11 is 1.67. The third-order valence-electron chi connectivity index (χ3n) is 7.16. The molecule has 2 N–H and O–H groups in total. The summed E-state index contributed by atoms with van der Waals surface area (Å²) in [5.74, 6) is 2.04. The summed E-state index contributed by atoms with van der Waals surface area (Å²) in [7, 11) is 0. The van der Waals surface area contributed by atoms with Crippen LogP contribution in [0.15, 0.2) is 114 Å². The summed E-state index contributed by atoms with van der Waals surface area (Å²) in [6.07, 6.45) is 0.266. The molecule has 0 saturated carbocycles. The van der Waals surface area contributed by atoms with E-state index < -0.39 is 11.6 Å². The summed E-state index contributed by atoms with van der Waals surface area (Å²) in [5, 5.41) is 12.2. The van der Waals surface area contributed by atoms with Crippen molar-refractivity contribution in [3.63, 3.8) is 0 Å². The number of aliphatic hydroxyl groups excluding tert-OH is 1. The van der Waals surface area contributed by atoms with Gasteiger partial charge in [-0.2, -0.15) is 11.8 Å². The molecule has 5 rings (SSSR count). The van der Waals surface area contributed by atoms with Crippen molar-refractivity contribution < 1.29 is 23.8 Å². The predicted octanol–water partition coefficient (Wildman–Crippen LogP) is 6.14. The fraction of sp³-hybridized carbons (Fsp3) is 0.257. The van der Waals surface area contributed by atoms with Gasteiger partial charge in [-0.25, -0.2) is 9.38 Å². The smallest absolute Gasteiger partial charge is 0.252 e. The molecule has 6 nitrogen and oxygen atoms in total. The molecule has 1 aliphatic heterocycles. The zero-order valence-corrected chi connectivity index (χ0v) is 24.6. The quantitative estimate of drug-likeness (QED) is 0.171. The first-order valence-corrected chi connectivity index (χ1v) is 15.5. The Morgan fingerprint density at radius 3 is 2.33 bits per heavy atom. The summed E-state index contributed by atoms with van der Waals surface area (Å²) < 4.78 is 25.5. The van der Waals surface area contributed by atoms with Crippen molar-refractivity contribution >= 4 is 23.6 Å². The molecule has 0 aromatic heterocycles. The van der Waals surface area contributed by atoms with Crippen LogP contribution in [0.5, 0.6) is 5.75 Å². The first-order chi connectivity index (χ1) is 21.1. The van der Waals surface area contributed by atoms with Gasteiger partial charge in [0.2, 0.25) is 5.90 Å². The van der Waals surface area contributed by atoms with Gasteiger partial charge in [0, 0.05) is 43.1 Å². The van der Waals surface area contributed by atoms with Gasteiger partial charge in [0.1, 0.15) is 11.6 Å². The minimum absolute atomic E-state index is 0.0715. The zero-order valence-electron chi connectivity index (χ0n) is 23.8. The number of benzene rings is 4. The van der Waals surface area contributed by atoms with E-state index in [1.807, 2.05) is 84.9 Å². The minimum Gasteiger partial charge on any atom is -0.494 e. The third kappa shape index (κ3) is 7.83. The van der Waals surface area contributed by atoms with Crippen molar-refractivity contribution in [2.45, 2.75) is 30.2 Å². The SMILES string of the molecule is O=C(NCCSCc1ccc(F)cc1)[C@]1(Cc2ccccc2)N=C(c2ccc(OCCCO)cc2)O[C@@H]1c1ccccc1. The van der Waals surface area contributed by atoms with Gasteiger partial charge < -0.3 is 19.9 Å². The standard InChI is InChI=1S/C35H35FN2O4S/c36-30-16-12-27(13-17-30)25-43-23-20-37-34(40)35(24-26-8-3-1-4-9-26)32(28-10-5-2-6-11-28)42-33(38-35)29-14-18-31(19-15-29)41-22-7-21-39/h1-6,8-19,32,39H,7,20-25H2,(H,37,40)/t32-,35-/m1/s1. The minimum atomic E-state index is -1.24. The topological polar surface area (TPSA) is 80.2 Å². The molecule has 222 valence electrons. The van der Waals surface area contributed by atoms with Gasteiger partial charge in [-0.1, -0.05) is 72.8 Å². The van der Waals surface area contributed by atoms with E-state index in [0.29, 0.717) is 43.4 Å². The lowest BCUT2D eigenvalue weighted by Gasteiger charge is -2.31. The zero-order chi connectivity index (χ0) is 29.9. The fourth-order valence-corrected chi connectivity index (χ4v) is 5.80. The molecule has 0 spiro atoms. The summed E-state index contributed by atoms with van der Waals surface area (Å²) in [6.45, 7) is 0.946. The number of halogens is 1. The fourth-order valence-electron chi connectivity index (χ4n) is 4.98. The van der Waals surface area contributed by atoms with Crippen molar-refractivity contribution in [2.24, 2.45) is 4.99 Å². The van der Waals surface area contributed by atoms with E-state index in [0.717, 1.165) is 28.0 Å². The van der Waals surface area contributed by atoms with E-state index in [-0.39, 0.29) is 18.3 Å². The summed E-state index contributed by atoms with van der Waals surface area (Å²) in [5.41, 5.74) is 2.38. The lowest BCUT2D eigenvalue weighted by Crippen LogP contribution is -2.50. The molecule has 0 aliphatic carbocycles. The number of carbonyl (C=O) groups is 1. The van der Waals surface area contributed by atoms with Crippen LogP contribution in [0.3, 0.4) is 0 Å². The van der Waals surface area contributed by atoms with E-state index >= 15 is 0 Å². The van der Waals surface area contributed by atoms with Gasteiger partial charge in [-0.05, 0) is 53.1 Å². The number of nitrogens with one attached hydrogen (secondary N) is 1. The first-order valence-electron chi connectivity index (χ1n) is 14.4. The number of amides is 1. The molecule has 0 bridgehead atoms. The highest BCUT2D eigenvalue weighted by Gasteiger charge is 2.53. The number of aliphatic imine (C=N–C) groups is 1. The molecule has 0 saturated heterocycles. The van der Waals surface area contributed by atoms with Crippen LogP contribution in [0.2, 0.25) is 0 Å². The average molecular weight is 599 g/mol. The van der Waals surface area contributed by atoms with Crippen LogP contribution in [0.4, 0.5) is 4.39 Å². The van der Waals surface area contributed by atoms with Crippen molar-refractivity contribution in [3.8, 4) is 5.75 Å². The molecular formula is C35H35FN2O4S. The lowest BCUT2D eigenvalue weighted by atomic mass is 9.82. The summed E-state index contributed by atoms with van der Waals surface area (Å²) in [6, 6.07) is 33.5. The van der Waals surface area contributed by atoms with Crippen molar-refractivity contribution in [1.82, 2.24) is 5.32 Å². The van der Waals surface area contributed by atoms with Crippen LogP contribution in [-0.2, 0) is 21.7 Å². The normalized spacial score (nSPS) is 17.6. The number of carbonyl (C=O) groups excluding carboxylic acids is 1. The van der Waals surface area contributed by atoms with Crippen LogP contribution in [0.1, 0.15) is 34.8 Å². The Labute approximate surface area is 256 Å². The molecule has 0 unspecified atom stereocenters. The lowest BCUT2D eigenvalue weighted by molar-refractivity contribution is -0.128. The maximum absolute atomic E-state index is 14.2. The Bertz CT molecular complexity index is 1480. The number of rotatable bonds is 14. The van der Waals surface area contributed by atoms with Crippen LogP contribution >= 0.6 is 11.8 Å². The van der Waals surface area contributed by atoms with Gasteiger partial charge in [0.25, 0.3) is 5.91 Å². The number of nitrogens with zero attached hydrogens (tertiary/aromatic N) is 1. The highest BCUT2D eigenvalue weighted by molar-refractivity contribution is 7.98. The van der Waals surface area contributed by atoms with Gasteiger partial charge >= 0.3 is 0 Å². The number of thioether (sulfide) groups is 1. The van der Waals surface area contributed by atoms with E-state index in [1.54, 1.807) is 23.9 Å². The van der Waals surface area contributed by atoms with Crippen molar-refractivity contribution in [2.75, 3.05) is 25.5 Å². The molecule has 0 radical (unpaired) electrons. The van der Waals surface area contributed by atoms with Crippen molar-refractivity contribution in [1.29, 1.82) is 0 Å². The molecule has 43 heavy (non-hydrogen) atoms. The third-order valence-corrected chi connectivity index (χ3v) is 8.19. The average Bonchev–Trinajstić information content (AvgIpc) is 3.43. The second-order valence-corrected chi connectivity index (χ2v) is 11.4. The Morgan fingerprint density at radius 2 is 1.63 bits per heavy atom. The Balaban J connectivity index is 1.39. The molecule has 0 fully saturated rings. The molecule has 2 atom stereocenters. The molecule has 8 heteroatoms. The largest absolute Gasteiger partial charge is 0.494 e. The monoisotopic (exact) mass is 598 g/mol. The predicted molar refractivity (Wildman–Crippen MR) is 169 cm³/mol. The van der Waals surface area contributed by atoms with E-state index in [4.69, 9.17) is 19.6 Å². The maximum Gasteiger partial charge on any atom is 0.252 e. The van der Waals surface area contributed by atoms with Crippen LogP contribution in [0.25, 0.3) is 0 Å². The molecule has 4 aromatic carbocycles. The van der Waals surface area contributed by atoms with Gasteiger partial charge in [-0.15, -0.1) is 0 Å². The molecule has 1 heterocycles. The van der Waals surface area contributed by atoms with Gasteiger partial charge in [0.05, 0.1) is 6.61 Å². The summed E-state index contributed by atoms with van der Waals surface area (Å²) in [4.78, 5) is 19.3. The Kier molecular flexibility index (Phi) is 10.5. The number of ether oxygens (including phenoxy) is 2. The highest BCUT2D eigenvalue weighted by Crippen LogP contribution is 2.42. The first kappa shape index (κ1) is 30.3. The second-order valence-electron chi connectivity index (χ2n) is 10.3. The molecule has 4 aromatic rings. The van der Waals surface area contributed by atoms with Crippen LogP contribution in [-0.4, -0.2) is 48.0 Å². The van der Waals surface area contributed by atoms with Crippen LogP contribution in [0, 0.1) is 5.82 Å². The second kappa shape index (κ2) is 14.8. The highest BCUT2D eigenvalue weighted by atomic mass is 32.2. The molecule has 1 aliphatic rings. The maximum atomic E-state index is 14.2. The van der Waals surface area contributed by atoms with Crippen molar-refractivity contribution in [3.05, 3.63) is 137 Å². The number of hydrogen-bond acceptors (Lipinski definition) is 6. The van der Waals surface area contributed by atoms with Gasteiger partial charge in [0.15, 0.2) is 11.6 Å². The molecular weight excluding hydrogens is 563 g/mol. The van der Waals surface area contributed by atoms with Gasteiger partial charge in [-0.3, -0.25) is 4.79 Å². The Hall–Kier alpha value is -4.14. The number of hydrogen-bond donors (Lipinski definition) is 2. The number of aliphatic hydroxyl groups is 1.